The number of likely N-dealkylation sites (tertiary alicyclic amines) is 1. The van der Waals surface area contributed by atoms with E-state index in [1.54, 1.807) is 0 Å². The van der Waals surface area contributed by atoms with Gasteiger partial charge in [0, 0.05) is 19.1 Å². The summed E-state index contributed by atoms with van der Waals surface area (Å²) in [7, 11) is 0. The summed E-state index contributed by atoms with van der Waals surface area (Å²) in [4.78, 5) is 2.51. The lowest BCUT2D eigenvalue weighted by atomic mass is 10.1. The first kappa shape index (κ1) is 11.5. The third kappa shape index (κ3) is 4.59. The van der Waals surface area contributed by atoms with Gasteiger partial charge in [-0.05, 0) is 32.9 Å². The molecule has 0 aromatic carbocycles. The van der Waals surface area contributed by atoms with Crippen molar-refractivity contribution in [1.82, 2.24) is 10.2 Å². The van der Waals surface area contributed by atoms with Crippen LogP contribution in [-0.4, -0.2) is 37.1 Å². The zero-order valence-corrected chi connectivity index (χ0v) is 9.13. The van der Waals surface area contributed by atoms with Crippen LogP contribution in [0.25, 0.3) is 0 Å². The van der Waals surface area contributed by atoms with Gasteiger partial charge in [0.1, 0.15) is 0 Å². The van der Waals surface area contributed by atoms with Crippen LogP contribution in [0, 0.1) is 11.3 Å². The molecular formula is C11H21N3. The lowest BCUT2D eigenvalue weighted by molar-refractivity contribution is 0.227. The zero-order valence-electron chi connectivity index (χ0n) is 9.13. The van der Waals surface area contributed by atoms with Crippen molar-refractivity contribution in [1.29, 1.82) is 5.26 Å². The van der Waals surface area contributed by atoms with Crippen LogP contribution in [0.1, 0.15) is 32.6 Å². The fourth-order valence-corrected chi connectivity index (χ4v) is 1.86. The van der Waals surface area contributed by atoms with Crippen molar-refractivity contribution >= 4 is 0 Å². The van der Waals surface area contributed by atoms with Gasteiger partial charge in [0.05, 0.1) is 12.5 Å². The minimum absolute atomic E-state index is 0.338. The summed E-state index contributed by atoms with van der Waals surface area (Å²) in [6, 6.07) is 2.52. The van der Waals surface area contributed by atoms with E-state index in [-0.39, 0.29) is 0 Å². The molecular weight excluding hydrogens is 174 g/mol. The summed E-state index contributed by atoms with van der Waals surface area (Å²) >= 11 is 0. The molecule has 0 aromatic heterocycles. The second-order valence-electron chi connectivity index (χ2n) is 4.12. The lowest BCUT2D eigenvalue weighted by Crippen LogP contribution is -2.38. The molecule has 1 aliphatic heterocycles. The van der Waals surface area contributed by atoms with E-state index < -0.39 is 0 Å². The second-order valence-corrected chi connectivity index (χ2v) is 4.12. The van der Waals surface area contributed by atoms with E-state index in [0.29, 0.717) is 12.5 Å². The SMILES string of the molecule is CC(CC#N)NCCN1CCCCC1. The van der Waals surface area contributed by atoms with Crippen molar-refractivity contribution in [3.8, 4) is 6.07 Å². The molecule has 1 unspecified atom stereocenters. The summed E-state index contributed by atoms with van der Waals surface area (Å²) < 4.78 is 0. The van der Waals surface area contributed by atoms with Gasteiger partial charge in [0.15, 0.2) is 0 Å². The monoisotopic (exact) mass is 195 g/mol. The Morgan fingerprint density at radius 2 is 2.07 bits per heavy atom. The van der Waals surface area contributed by atoms with Crippen molar-refractivity contribution in [2.45, 2.75) is 38.6 Å². The number of nitrogens with one attached hydrogen (secondary N) is 1. The fraction of sp³-hybridized carbons (Fsp3) is 0.909. The van der Waals surface area contributed by atoms with E-state index in [0.717, 1.165) is 13.1 Å². The Hall–Kier alpha value is -0.590. The molecule has 0 radical (unpaired) electrons. The molecule has 0 saturated carbocycles. The maximum absolute atomic E-state index is 8.48. The summed E-state index contributed by atoms with van der Waals surface area (Å²) in [6.45, 7) is 6.74. The van der Waals surface area contributed by atoms with Crippen LogP contribution in [0.4, 0.5) is 0 Å². The highest BCUT2D eigenvalue weighted by Crippen LogP contribution is 2.07. The molecule has 1 atom stereocenters. The maximum Gasteiger partial charge on any atom is 0.0638 e. The zero-order chi connectivity index (χ0) is 10.2. The number of hydrogen-bond donors (Lipinski definition) is 1. The molecule has 1 fully saturated rings. The second kappa shape index (κ2) is 6.80. The summed E-state index contributed by atoms with van der Waals surface area (Å²) in [5, 5.41) is 11.9. The molecule has 0 amide bonds. The topological polar surface area (TPSA) is 39.1 Å². The van der Waals surface area contributed by atoms with Gasteiger partial charge >= 0.3 is 0 Å². The van der Waals surface area contributed by atoms with Gasteiger partial charge in [-0.3, -0.25) is 0 Å². The van der Waals surface area contributed by atoms with Crippen LogP contribution in [0.15, 0.2) is 0 Å². The van der Waals surface area contributed by atoms with Crippen molar-refractivity contribution in [3.63, 3.8) is 0 Å². The average Bonchev–Trinajstić information content (AvgIpc) is 2.20. The van der Waals surface area contributed by atoms with Crippen LogP contribution in [-0.2, 0) is 0 Å². The Morgan fingerprint density at radius 3 is 2.71 bits per heavy atom. The molecule has 0 aromatic rings. The fourth-order valence-electron chi connectivity index (χ4n) is 1.86. The van der Waals surface area contributed by atoms with Gasteiger partial charge in [0.25, 0.3) is 0 Å². The first-order chi connectivity index (χ1) is 6.83. The smallest absolute Gasteiger partial charge is 0.0638 e. The highest BCUT2D eigenvalue weighted by molar-refractivity contribution is 4.77. The minimum atomic E-state index is 0.338. The predicted octanol–water partition coefficient (Wildman–Crippen LogP) is 1.36. The van der Waals surface area contributed by atoms with Crippen LogP contribution in [0.3, 0.4) is 0 Å². The van der Waals surface area contributed by atoms with Crippen LogP contribution in [0.2, 0.25) is 0 Å². The Labute approximate surface area is 87.1 Å². The average molecular weight is 195 g/mol. The number of nitrogens with zero attached hydrogens (tertiary/aromatic N) is 2. The summed E-state index contributed by atoms with van der Waals surface area (Å²) in [5.74, 6) is 0. The number of piperidine rings is 1. The van der Waals surface area contributed by atoms with Gasteiger partial charge in [-0.1, -0.05) is 6.42 Å². The van der Waals surface area contributed by atoms with E-state index >= 15 is 0 Å². The third-order valence-corrected chi connectivity index (χ3v) is 2.77. The molecule has 80 valence electrons. The summed E-state index contributed by atoms with van der Waals surface area (Å²) in [5.41, 5.74) is 0. The number of rotatable bonds is 5. The quantitative estimate of drug-likeness (QED) is 0.720. The Bertz CT molecular complexity index is 179. The molecule has 1 heterocycles. The first-order valence-corrected chi connectivity index (χ1v) is 5.65. The van der Waals surface area contributed by atoms with E-state index in [1.165, 1.54) is 32.4 Å². The number of nitriles is 1. The summed E-state index contributed by atoms with van der Waals surface area (Å²) in [6.07, 6.45) is 4.72. The van der Waals surface area contributed by atoms with Gasteiger partial charge in [-0.2, -0.15) is 5.26 Å². The number of hydrogen-bond acceptors (Lipinski definition) is 3. The van der Waals surface area contributed by atoms with E-state index in [2.05, 4.69) is 23.2 Å². The van der Waals surface area contributed by atoms with Gasteiger partial charge in [-0.25, -0.2) is 0 Å². The van der Waals surface area contributed by atoms with Crippen LogP contribution in [0.5, 0.6) is 0 Å². The maximum atomic E-state index is 8.48. The molecule has 1 N–H and O–H groups in total. The van der Waals surface area contributed by atoms with E-state index in [4.69, 9.17) is 5.26 Å². The molecule has 1 aliphatic rings. The van der Waals surface area contributed by atoms with Crippen molar-refractivity contribution in [2.75, 3.05) is 26.2 Å². The molecule has 3 nitrogen and oxygen atoms in total. The lowest BCUT2D eigenvalue weighted by Gasteiger charge is -2.26. The minimum Gasteiger partial charge on any atom is -0.312 e. The van der Waals surface area contributed by atoms with E-state index in [9.17, 15) is 0 Å². The van der Waals surface area contributed by atoms with E-state index in [1.807, 2.05) is 0 Å². The standard InChI is InChI=1S/C11H21N3/c1-11(5-6-12)13-7-10-14-8-3-2-4-9-14/h11,13H,2-5,7-10H2,1H3. The van der Waals surface area contributed by atoms with Gasteiger partial charge < -0.3 is 10.2 Å². The largest absolute Gasteiger partial charge is 0.312 e. The molecule has 0 aliphatic carbocycles. The third-order valence-electron chi connectivity index (χ3n) is 2.77. The Kier molecular flexibility index (Phi) is 5.58. The van der Waals surface area contributed by atoms with Crippen LogP contribution >= 0.6 is 0 Å². The molecule has 1 rings (SSSR count). The van der Waals surface area contributed by atoms with Gasteiger partial charge in [-0.15, -0.1) is 0 Å². The predicted molar refractivity (Wildman–Crippen MR) is 58.0 cm³/mol. The highest BCUT2D eigenvalue weighted by Gasteiger charge is 2.09. The molecule has 0 spiro atoms. The molecule has 0 bridgehead atoms. The van der Waals surface area contributed by atoms with Crippen LogP contribution < -0.4 is 5.32 Å². The molecule has 14 heavy (non-hydrogen) atoms. The Morgan fingerprint density at radius 1 is 1.36 bits per heavy atom. The Balaban J connectivity index is 2.00. The first-order valence-electron chi connectivity index (χ1n) is 5.65. The molecule has 1 saturated heterocycles. The van der Waals surface area contributed by atoms with Crippen molar-refractivity contribution in [3.05, 3.63) is 0 Å². The van der Waals surface area contributed by atoms with Gasteiger partial charge in [0.2, 0.25) is 0 Å². The van der Waals surface area contributed by atoms with Crippen molar-refractivity contribution in [2.24, 2.45) is 0 Å². The highest BCUT2D eigenvalue weighted by atomic mass is 15.1. The molecule has 3 heteroatoms. The normalized spacial score (nSPS) is 20.3. The van der Waals surface area contributed by atoms with Crippen molar-refractivity contribution < 1.29 is 0 Å².